The van der Waals surface area contributed by atoms with Gasteiger partial charge in [0, 0.05) is 25.2 Å². The quantitative estimate of drug-likeness (QED) is 0.672. The van der Waals surface area contributed by atoms with E-state index in [1.54, 1.807) is 29.0 Å². The molecule has 1 aromatic carbocycles. The lowest BCUT2D eigenvalue weighted by Gasteiger charge is -2.34. The Morgan fingerprint density at radius 3 is 2.73 bits per heavy atom. The summed E-state index contributed by atoms with van der Waals surface area (Å²) in [4.78, 5) is 26.9. The minimum atomic E-state index is -0.877. The molecular formula is C19H28N2O5. The van der Waals surface area contributed by atoms with Crippen molar-refractivity contribution in [2.45, 2.75) is 25.9 Å². The molecule has 26 heavy (non-hydrogen) atoms. The van der Waals surface area contributed by atoms with Gasteiger partial charge in [-0.15, -0.1) is 0 Å². The van der Waals surface area contributed by atoms with E-state index < -0.39 is 5.97 Å². The molecule has 2 rings (SSSR count). The van der Waals surface area contributed by atoms with Gasteiger partial charge in [0.25, 0.3) is 5.91 Å². The summed E-state index contributed by atoms with van der Waals surface area (Å²) in [5.74, 6) is -0.151. The van der Waals surface area contributed by atoms with Crippen molar-refractivity contribution in [3.05, 3.63) is 29.8 Å². The van der Waals surface area contributed by atoms with Crippen molar-refractivity contribution >= 4 is 11.9 Å². The van der Waals surface area contributed by atoms with Gasteiger partial charge in [0.1, 0.15) is 5.75 Å². The van der Waals surface area contributed by atoms with Gasteiger partial charge in [0.2, 0.25) is 0 Å². The lowest BCUT2D eigenvalue weighted by molar-refractivity contribution is -0.138. The number of aliphatic carboxylic acids is 1. The maximum Gasteiger partial charge on any atom is 0.317 e. The first-order valence-corrected chi connectivity index (χ1v) is 9.03. The molecule has 1 aromatic rings. The molecule has 0 aromatic heterocycles. The second-order valence-electron chi connectivity index (χ2n) is 6.56. The van der Waals surface area contributed by atoms with Gasteiger partial charge in [-0.2, -0.15) is 0 Å². The number of morpholine rings is 1. The van der Waals surface area contributed by atoms with Gasteiger partial charge < -0.3 is 19.5 Å². The molecule has 1 aliphatic heterocycles. The summed E-state index contributed by atoms with van der Waals surface area (Å²) >= 11 is 0. The maximum absolute atomic E-state index is 12.7. The van der Waals surface area contributed by atoms with Crippen molar-refractivity contribution in [1.82, 2.24) is 9.80 Å². The first kappa shape index (κ1) is 20.2. The standard InChI is InChI=1S/C19H28N2O5/c1-3-4-10-25-16-7-5-15(6-8-16)19(24)21-9-11-26-17(13-21)12-20(2)14-18(22)23/h5-8,17H,3-4,9-14H2,1-2H3,(H,22,23). The van der Waals surface area contributed by atoms with Crippen LogP contribution in [0.15, 0.2) is 24.3 Å². The molecule has 1 atom stereocenters. The number of unbranched alkanes of at least 4 members (excludes halogenated alkanes) is 1. The monoisotopic (exact) mass is 364 g/mol. The van der Waals surface area contributed by atoms with Crippen LogP contribution in [0.5, 0.6) is 5.75 Å². The van der Waals surface area contributed by atoms with E-state index in [1.807, 2.05) is 12.1 Å². The highest BCUT2D eigenvalue weighted by atomic mass is 16.5. The summed E-state index contributed by atoms with van der Waals surface area (Å²) in [7, 11) is 1.73. The van der Waals surface area contributed by atoms with Gasteiger partial charge in [-0.1, -0.05) is 13.3 Å². The smallest absolute Gasteiger partial charge is 0.317 e. The van der Waals surface area contributed by atoms with Crippen LogP contribution in [0.25, 0.3) is 0 Å². The molecule has 0 saturated carbocycles. The average molecular weight is 364 g/mol. The highest BCUT2D eigenvalue weighted by Gasteiger charge is 2.26. The lowest BCUT2D eigenvalue weighted by Crippen LogP contribution is -2.49. The van der Waals surface area contributed by atoms with Gasteiger partial charge in [-0.3, -0.25) is 14.5 Å². The number of carboxylic acid groups (broad SMARTS) is 1. The highest BCUT2D eigenvalue weighted by molar-refractivity contribution is 5.94. The SMILES string of the molecule is CCCCOc1ccc(C(=O)N2CCOC(CN(C)CC(=O)O)C2)cc1. The third-order valence-electron chi connectivity index (χ3n) is 4.21. The Hall–Kier alpha value is -2.12. The molecule has 0 radical (unpaired) electrons. The summed E-state index contributed by atoms with van der Waals surface area (Å²) in [5, 5.41) is 8.84. The topological polar surface area (TPSA) is 79.3 Å². The number of hydrogen-bond acceptors (Lipinski definition) is 5. The molecule has 0 aliphatic carbocycles. The van der Waals surface area contributed by atoms with E-state index in [2.05, 4.69) is 6.92 Å². The summed E-state index contributed by atoms with van der Waals surface area (Å²) in [5.41, 5.74) is 0.618. The van der Waals surface area contributed by atoms with Crippen LogP contribution in [0.1, 0.15) is 30.1 Å². The number of carboxylic acids is 1. The average Bonchev–Trinajstić information content (AvgIpc) is 2.61. The number of amides is 1. The van der Waals surface area contributed by atoms with E-state index in [-0.39, 0.29) is 18.6 Å². The molecule has 0 bridgehead atoms. The minimum absolute atomic E-state index is 0.0423. The minimum Gasteiger partial charge on any atom is -0.494 e. The van der Waals surface area contributed by atoms with Crippen LogP contribution in [0.3, 0.4) is 0 Å². The summed E-state index contributed by atoms with van der Waals surface area (Å²) in [6.45, 7) is 4.66. The number of carbonyl (C=O) groups excluding carboxylic acids is 1. The zero-order chi connectivity index (χ0) is 18.9. The molecule has 1 aliphatic rings. The van der Waals surface area contributed by atoms with Crippen LogP contribution in [-0.2, 0) is 9.53 Å². The third-order valence-corrected chi connectivity index (χ3v) is 4.21. The van der Waals surface area contributed by atoms with Crippen molar-refractivity contribution in [1.29, 1.82) is 0 Å². The molecule has 1 N–H and O–H groups in total. The van der Waals surface area contributed by atoms with Crippen molar-refractivity contribution in [2.24, 2.45) is 0 Å². The van der Waals surface area contributed by atoms with E-state index in [9.17, 15) is 9.59 Å². The number of rotatable bonds is 9. The van der Waals surface area contributed by atoms with Crippen LogP contribution >= 0.6 is 0 Å². The highest BCUT2D eigenvalue weighted by Crippen LogP contribution is 2.16. The second-order valence-corrected chi connectivity index (χ2v) is 6.56. The van der Waals surface area contributed by atoms with E-state index in [1.165, 1.54) is 0 Å². The molecule has 1 amide bonds. The lowest BCUT2D eigenvalue weighted by atomic mass is 10.1. The van der Waals surface area contributed by atoms with E-state index in [4.69, 9.17) is 14.6 Å². The summed E-state index contributed by atoms with van der Waals surface area (Å²) in [6, 6.07) is 7.21. The summed E-state index contributed by atoms with van der Waals surface area (Å²) in [6.07, 6.45) is 1.90. The van der Waals surface area contributed by atoms with Gasteiger partial charge in [0.15, 0.2) is 0 Å². The van der Waals surface area contributed by atoms with E-state index in [0.29, 0.717) is 38.4 Å². The normalized spacial score (nSPS) is 17.3. The number of carbonyl (C=O) groups is 2. The zero-order valence-corrected chi connectivity index (χ0v) is 15.5. The first-order valence-electron chi connectivity index (χ1n) is 9.03. The molecule has 144 valence electrons. The van der Waals surface area contributed by atoms with Gasteiger partial charge in [0.05, 0.1) is 25.9 Å². The number of benzene rings is 1. The van der Waals surface area contributed by atoms with Crippen LogP contribution in [0, 0.1) is 0 Å². The molecule has 1 heterocycles. The van der Waals surface area contributed by atoms with E-state index >= 15 is 0 Å². The van der Waals surface area contributed by atoms with Gasteiger partial charge in [-0.05, 0) is 37.7 Å². The zero-order valence-electron chi connectivity index (χ0n) is 15.5. The Morgan fingerprint density at radius 2 is 2.08 bits per heavy atom. The Bertz CT molecular complexity index is 590. The maximum atomic E-state index is 12.7. The van der Waals surface area contributed by atoms with Gasteiger partial charge in [-0.25, -0.2) is 0 Å². The third kappa shape index (κ3) is 6.31. The van der Waals surface area contributed by atoms with Crippen molar-refractivity contribution < 1.29 is 24.2 Å². The van der Waals surface area contributed by atoms with Crippen molar-refractivity contribution in [3.63, 3.8) is 0 Å². The fraction of sp³-hybridized carbons (Fsp3) is 0.579. The molecule has 7 heteroatoms. The molecular weight excluding hydrogens is 336 g/mol. The van der Waals surface area contributed by atoms with Crippen molar-refractivity contribution in [3.8, 4) is 5.75 Å². The Labute approximate surface area is 154 Å². The number of ether oxygens (including phenoxy) is 2. The molecule has 1 unspecified atom stereocenters. The second kappa shape index (κ2) is 10.1. The summed E-state index contributed by atoms with van der Waals surface area (Å²) < 4.78 is 11.3. The number of hydrogen-bond donors (Lipinski definition) is 1. The Kier molecular flexibility index (Phi) is 7.87. The fourth-order valence-electron chi connectivity index (χ4n) is 2.87. The molecule has 1 saturated heterocycles. The Balaban J connectivity index is 1.88. The van der Waals surface area contributed by atoms with Crippen LogP contribution in [0.4, 0.5) is 0 Å². The first-order chi connectivity index (χ1) is 12.5. The number of nitrogens with zero attached hydrogens (tertiary/aromatic N) is 2. The van der Waals surface area contributed by atoms with Crippen LogP contribution < -0.4 is 4.74 Å². The van der Waals surface area contributed by atoms with Crippen LogP contribution in [-0.4, -0.2) is 79.3 Å². The Morgan fingerprint density at radius 1 is 1.35 bits per heavy atom. The molecule has 7 nitrogen and oxygen atoms in total. The fourth-order valence-corrected chi connectivity index (χ4v) is 2.87. The van der Waals surface area contributed by atoms with E-state index in [0.717, 1.165) is 18.6 Å². The van der Waals surface area contributed by atoms with Crippen molar-refractivity contribution in [2.75, 3.05) is 46.4 Å². The molecule has 0 spiro atoms. The van der Waals surface area contributed by atoms with Crippen LogP contribution in [0.2, 0.25) is 0 Å². The largest absolute Gasteiger partial charge is 0.494 e. The predicted molar refractivity (Wildman–Crippen MR) is 97.6 cm³/mol. The molecule has 1 fully saturated rings. The number of likely N-dealkylation sites (N-methyl/N-ethyl adjacent to an activating group) is 1. The van der Waals surface area contributed by atoms with Gasteiger partial charge >= 0.3 is 5.97 Å². The predicted octanol–water partition coefficient (Wildman–Crippen LogP) is 1.72.